The number of likely N-dealkylation sites (N-methyl/N-ethyl adjacent to an activating group) is 1. The summed E-state index contributed by atoms with van der Waals surface area (Å²) in [7, 11) is 1.68. The molecule has 3 aromatic rings. The van der Waals surface area contributed by atoms with Crippen LogP contribution in [0.3, 0.4) is 0 Å². The summed E-state index contributed by atoms with van der Waals surface area (Å²) in [6.07, 6.45) is -0.905. The number of halogens is 1. The van der Waals surface area contributed by atoms with Crippen LogP contribution in [0.2, 0.25) is 5.02 Å². The second kappa shape index (κ2) is 8.99. The third-order valence-corrected chi connectivity index (χ3v) is 5.18. The Balaban J connectivity index is 1.61. The number of carbonyl (C=O) groups excluding carboxylic acids is 2. The number of rotatable bonds is 6. The number of thiazole rings is 1. The van der Waals surface area contributed by atoms with E-state index in [0.717, 1.165) is 11.1 Å². The van der Waals surface area contributed by atoms with Gasteiger partial charge < -0.3 is 9.64 Å². The number of ether oxygens (including phenoxy) is 1. The topological polar surface area (TPSA) is 59.5 Å². The molecular weight excluding hydrogens is 396 g/mol. The lowest BCUT2D eigenvalue weighted by atomic mass is 10.2. The second-order valence-corrected chi connectivity index (χ2v) is 7.57. The Hall–Kier alpha value is -2.70. The summed E-state index contributed by atoms with van der Waals surface area (Å²) in [6.45, 7) is 2.00. The Morgan fingerprint density at radius 2 is 1.93 bits per heavy atom. The fourth-order valence-electron chi connectivity index (χ4n) is 2.64. The maximum atomic E-state index is 12.5. The summed E-state index contributed by atoms with van der Waals surface area (Å²) in [5.74, 6) is -0.902. The van der Waals surface area contributed by atoms with E-state index in [1.54, 1.807) is 31.5 Å². The molecule has 0 aliphatic heterocycles. The van der Waals surface area contributed by atoms with Crippen molar-refractivity contribution in [1.29, 1.82) is 0 Å². The molecule has 0 N–H and O–H groups in total. The van der Waals surface area contributed by atoms with Crippen molar-refractivity contribution >= 4 is 34.8 Å². The van der Waals surface area contributed by atoms with Gasteiger partial charge in [-0.1, -0.05) is 54.1 Å². The van der Waals surface area contributed by atoms with Gasteiger partial charge in [-0.3, -0.25) is 4.79 Å². The van der Waals surface area contributed by atoms with Crippen LogP contribution in [-0.2, 0) is 16.1 Å². The van der Waals surface area contributed by atoms with Gasteiger partial charge in [-0.15, -0.1) is 11.3 Å². The van der Waals surface area contributed by atoms with Gasteiger partial charge in [0.15, 0.2) is 11.8 Å². The van der Waals surface area contributed by atoms with Gasteiger partial charge >= 0.3 is 5.97 Å². The molecule has 28 heavy (non-hydrogen) atoms. The predicted octanol–water partition coefficient (Wildman–Crippen LogP) is 4.67. The number of carbonyl (C=O) groups is 2. The smallest absolute Gasteiger partial charge is 0.358 e. The molecule has 0 spiro atoms. The molecule has 1 heterocycles. The molecule has 0 saturated heterocycles. The van der Waals surface area contributed by atoms with E-state index in [1.807, 2.05) is 42.5 Å². The summed E-state index contributed by atoms with van der Waals surface area (Å²) in [5, 5.41) is 2.87. The molecule has 144 valence electrons. The molecule has 0 saturated carbocycles. The first kappa shape index (κ1) is 20.0. The van der Waals surface area contributed by atoms with Crippen LogP contribution in [0.4, 0.5) is 0 Å². The molecule has 0 bridgehead atoms. The quantitative estimate of drug-likeness (QED) is 0.550. The molecule has 2 aromatic carbocycles. The zero-order valence-corrected chi connectivity index (χ0v) is 17.0. The number of esters is 1. The summed E-state index contributed by atoms with van der Waals surface area (Å²) < 4.78 is 5.32. The number of benzene rings is 2. The van der Waals surface area contributed by atoms with Gasteiger partial charge in [0.1, 0.15) is 5.01 Å². The normalized spacial score (nSPS) is 11.7. The van der Waals surface area contributed by atoms with Crippen molar-refractivity contribution in [2.24, 2.45) is 0 Å². The highest BCUT2D eigenvalue weighted by Crippen LogP contribution is 2.26. The number of aromatic nitrogens is 1. The van der Waals surface area contributed by atoms with Gasteiger partial charge in [0.05, 0.1) is 0 Å². The van der Waals surface area contributed by atoms with Crippen LogP contribution in [-0.4, -0.2) is 34.9 Å². The van der Waals surface area contributed by atoms with Crippen LogP contribution in [0.1, 0.15) is 23.0 Å². The fraction of sp³-hybridized carbons (Fsp3) is 0.190. The lowest BCUT2D eigenvalue weighted by Gasteiger charge is -2.21. The van der Waals surface area contributed by atoms with Crippen LogP contribution in [0.5, 0.6) is 0 Å². The highest BCUT2D eigenvalue weighted by Gasteiger charge is 2.23. The third kappa shape index (κ3) is 4.97. The van der Waals surface area contributed by atoms with Crippen LogP contribution < -0.4 is 0 Å². The molecule has 0 aliphatic rings. The van der Waals surface area contributed by atoms with E-state index >= 15 is 0 Å². The fourth-order valence-corrected chi connectivity index (χ4v) is 3.62. The van der Waals surface area contributed by atoms with Gasteiger partial charge in [0.2, 0.25) is 0 Å². The first-order valence-corrected chi connectivity index (χ1v) is 9.91. The summed E-state index contributed by atoms with van der Waals surface area (Å²) in [4.78, 5) is 30.7. The van der Waals surface area contributed by atoms with Crippen molar-refractivity contribution < 1.29 is 14.3 Å². The Morgan fingerprint density at radius 3 is 2.64 bits per heavy atom. The van der Waals surface area contributed by atoms with Crippen LogP contribution in [0, 0.1) is 0 Å². The van der Waals surface area contributed by atoms with Crippen molar-refractivity contribution in [2.45, 2.75) is 19.6 Å². The molecule has 5 nitrogen and oxygen atoms in total. The van der Waals surface area contributed by atoms with E-state index in [4.69, 9.17) is 16.3 Å². The molecule has 1 aromatic heterocycles. The number of hydrogen-bond acceptors (Lipinski definition) is 5. The third-order valence-electron chi connectivity index (χ3n) is 4.06. The second-order valence-electron chi connectivity index (χ2n) is 6.28. The maximum absolute atomic E-state index is 12.5. The highest BCUT2D eigenvalue weighted by atomic mass is 35.5. The highest BCUT2D eigenvalue weighted by molar-refractivity contribution is 7.13. The van der Waals surface area contributed by atoms with Crippen LogP contribution in [0.25, 0.3) is 10.6 Å². The van der Waals surface area contributed by atoms with Gasteiger partial charge in [0.25, 0.3) is 5.91 Å². The number of amides is 1. The van der Waals surface area contributed by atoms with E-state index in [-0.39, 0.29) is 11.6 Å². The molecule has 1 amide bonds. The minimum Gasteiger partial charge on any atom is -0.448 e. The van der Waals surface area contributed by atoms with Crippen LogP contribution >= 0.6 is 22.9 Å². The first-order valence-electron chi connectivity index (χ1n) is 8.65. The molecule has 0 radical (unpaired) electrons. The van der Waals surface area contributed by atoms with Gasteiger partial charge in [-0.25, -0.2) is 9.78 Å². The molecule has 0 aliphatic carbocycles. The predicted molar refractivity (Wildman–Crippen MR) is 110 cm³/mol. The largest absolute Gasteiger partial charge is 0.448 e. The average molecular weight is 415 g/mol. The number of nitrogens with zero attached hydrogens (tertiary/aromatic N) is 2. The Kier molecular flexibility index (Phi) is 6.44. The summed E-state index contributed by atoms with van der Waals surface area (Å²) in [5.41, 5.74) is 2.00. The van der Waals surface area contributed by atoms with E-state index < -0.39 is 12.1 Å². The molecular formula is C21H19ClN2O3S. The monoisotopic (exact) mass is 414 g/mol. The van der Waals surface area contributed by atoms with Crippen molar-refractivity contribution in [2.75, 3.05) is 7.05 Å². The average Bonchev–Trinajstić information content (AvgIpc) is 3.18. The van der Waals surface area contributed by atoms with E-state index in [0.29, 0.717) is 16.6 Å². The Labute approximate surface area is 172 Å². The van der Waals surface area contributed by atoms with Crippen molar-refractivity contribution in [1.82, 2.24) is 9.88 Å². The zero-order chi connectivity index (χ0) is 20.1. The van der Waals surface area contributed by atoms with Crippen molar-refractivity contribution in [3.8, 4) is 10.6 Å². The SMILES string of the molecule is C[C@H](OC(=O)c1csc(-c2cccc(Cl)c2)n1)C(=O)N(C)Cc1ccccc1. The van der Waals surface area contributed by atoms with Crippen molar-refractivity contribution in [3.63, 3.8) is 0 Å². The first-order chi connectivity index (χ1) is 13.4. The van der Waals surface area contributed by atoms with Gasteiger partial charge in [-0.2, -0.15) is 0 Å². The van der Waals surface area contributed by atoms with Gasteiger partial charge in [-0.05, 0) is 24.6 Å². The zero-order valence-electron chi connectivity index (χ0n) is 15.5. The van der Waals surface area contributed by atoms with Crippen LogP contribution in [0.15, 0.2) is 60.0 Å². The summed E-state index contributed by atoms with van der Waals surface area (Å²) >= 11 is 7.32. The van der Waals surface area contributed by atoms with E-state index in [9.17, 15) is 9.59 Å². The van der Waals surface area contributed by atoms with Crippen molar-refractivity contribution in [3.05, 3.63) is 76.3 Å². The molecule has 1 atom stereocenters. The molecule has 3 rings (SSSR count). The van der Waals surface area contributed by atoms with E-state index in [2.05, 4.69) is 4.98 Å². The Morgan fingerprint density at radius 1 is 1.18 bits per heavy atom. The number of hydrogen-bond donors (Lipinski definition) is 0. The summed E-state index contributed by atoms with van der Waals surface area (Å²) in [6, 6.07) is 16.9. The molecule has 0 fully saturated rings. The Bertz CT molecular complexity index is 975. The van der Waals surface area contributed by atoms with E-state index in [1.165, 1.54) is 16.2 Å². The minimum atomic E-state index is -0.905. The standard InChI is InChI=1S/C21H19ClN2O3S/c1-14(20(25)24(2)12-15-7-4-3-5-8-15)27-21(26)18-13-28-19(23-18)16-9-6-10-17(22)11-16/h3-11,13-14H,12H2,1-2H3/t14-/m0/s1. The maximum Gasteiger partial charge on any atom is 0.358 e. The lowest BCUT2D eigenvalue weighted by Crippen LogP contribution is -2.37. The molecule has 7 heteroatoms. The molecule has 0 unspecified atom stereocenters. The lowest BCUT2D eigenvalue weighted by molar-refractivity contribution is -0.139. The van der Waals surface area contributed by atoms with Gasteiger partial charge in [0, 0.05) is 29.6 Å². The minimum absolute atomic E-state index is 0.172.